The van der Waals surface area contributed by atoms with Gasteiger partial charge in [0.05, 0.1) is 17.5 Å². The van der Waals surface area contributed by atoms with E-state index in [1.165, 1.54) is 5.01 Å². The maximum Gasteiger partial charge on any atom is 0.167 e. The van der Waals surface area contributed by atoms with E-state index in [1.54, 1.807) is 12.1 Å². The smallest absolute Gasteiger partial charge is 0.167 e. The summed E-state index contributed by atoms with van der Waals surface area (Å²) < 4.78 is 5.51. The van der Waals surface area contributed by atoms with Crippen LogP contribution >= 0.6 is 0 Å². The largest absolute Gasteiger partial charge is 0.491 e. The van der Waals surface area contributed by atoms with Crippen molar-refractivity contribution in [1.29, 1.82) is 0 Å². The molecule has 0 unspecified atom stereocenters. The monoisotopic (exact) mass is 232 g/mol. The number of carbonyl (C=O) groups excluding carboxylic acids is 1. The van der Waals surface area contributed by atoms with Crippen LogP contribution < -0.4 is 9.75 Å². The number of carbonyl (C=O) groups is 1. The van der Waals surface area contributed by atoms with Crippen molar-refractivity contribution in [2.24, 2.45) is 5.10 Å². The molecule has 17 heavy (non-hydrogen) atoms. The van der Waals surface area contributed by atoms with Gasteiger partial charge in [0, 0.05) is 6.72 Å². The summed E-state index contributed by atoms with van der Waals surface area (Å²) >= 11 is 0. The molecule has 0 atom stereocenters. The van der Waals surface area contributed by atoms with Gasteiger partial charge in [-0.2, -0.15) is 5.10 Å². The predicted octanol–water partition coefficient (Wildman–Crippen LogP) is 2.61. The van der Waals surface area contributed by atoms with E-state index in [2.05, 4.69) is 18.4 Å². The van der Waals surface area contributed by atoms with E-state index in [-0.39, 0.29) is 11.8 Å². The van der Waals surface area contributed by atoms with Crippen LogP contribution in [0.2, 0.25) is 0 Å². The van der Waals surface area contributed by atoms with Gasteiger partial charge in [-0.1, -0.05) is 6.58 Å². The average Bonchev–Trinajstić information content (AvgIpc) is 2.31. The third kappa shape index (κ3) is 3.45. The van der Waals surface area contributed by atoms with Crippen molar-refractivity contribution >= 4 is 18.7 Å². The molecule has 0 radical (unpaired) electrons. The number of ether oxygens (including phenoxy) is 1. The Balaban J connectivity index is 2.88. The summed E-state index contributed by atoms with van der Waals surface area (Å²) in [6.07, 6.45) is 0.757. The number of anilines is 1. The summed E-state index contributed by atoms with van der Waals surface area (Å²) in [6.45, 7) is 10.9. The summed E-state index contributed by atoms with van der Waals surface area (Å²) in [5.41, 5.74) is 0.950. The third-order valence-electron chi connectivity index (χ3n) is 2.00. The summed E-state index contributed by atoms with van der Waals surface area (Å²) in [6, 6.07) is 7.21. The van der Waals surface area contributed by atoms with E-state index < -0.39 is 0 Å². The molecule has 0 bridgehead atoms. The summed E-state index contributed by atoms with van der Waals surface area (Å²) in [5.74, 6) is 0.768. The Morgan fingerprint density at radius 2 is 2.00 bits per heavy atom. The van der Waals surface area contributed by atoms with Gasteiger partial charge in [-0.3, -0.25) is 4.79 Å². The Hall–Kier alpha value is -2.10. The van der Waals surface area contributed by atoms with Crippen LogP contribution in [0.25, 0.3) is 0 Å². The Labute approximate surface area is 101 Å². The van der Waals surface area contributed by atoms with E-state index >= 15 is 0 Å². The van der Waals surface area contributed by atoms with Gasteiger partial charge in [0.25, 0.3) is 0 Å². The lowest BCUT2D eigenvalue weighted by molar-refractivity contribution is -0.104. The van der Waals surface area contributed by atoms with E-state index in [1.807, 2.05) is 26.0 Å². The standard InChI is InChI=1S/C13H16N2O2/c1-10(2)17-13-7-5-12(6-8-13)15(14-4)11(3)9-16/h5-10H,3-4H2,1-2H3. The van der Waals surface area contributed by atoms with Gasteiger partial charge < -0.3 is 4.74 Å². The first-order chi connectivity index (χ1) is 8.08. The zero-order valence-corrected chi connectivity index (χ0v) is 10.1. The van der Waals surface area contributed by atoms with Crippen LogP contribution in [0.4, 0.5) is 5.69 Å². The van der Waals surface area contributed by atoms with E-state index in [4.69, 9.17) is 4.74 Å². The highest BCUT2D eigenvalue weighted by atomic mass is 16.5. The first-order valence-electron chi connectivity index (χ1n) is 5.26. The third-order valence-corrected chi connectivity index (χ3v) is 2.00. The van der Waals surface area contributed by atoms with Crippen LogP contribution in [0.15, 0.2) is 41.6 Å². The molecule has 0 amide bonds. The molecule has 0 saturated carbocycles. The van der Waals surface area contributed by atoms with Gasteiger partial charge in [-0.25, -0.2) is 5.01 Å². The molecule has 0 fully saturated rings. The van der Waals surface area contributed by atoms with Crippen molar-refractivity contribution in [3.8, 4) is 5.75 Å². The number of hydrogen-bond donors (Lipinski definition) is 0. The molecule has 4 heteroatoms. The molecular weight excluding hydrogens is 216 g/mol. The predicted molar refractivity (Wildman–Crippen MR) is 69.4 cm³/mol. The minimum atomic E-state index is 0.124. The van der Waals surface area contributed by atoms with Crippen molar-refractivity contribution in [3.63, 3.8) is 0 Å². The zero-order chi connectivity index (χ0) is 12.8. The Bertz CT molecular complexity index is 410. The molecule has 1 rings (SSSR count). The molecule has 1 aromatic rings. The Morgan fingerprint density at radius 1 is 1.41 bits per heavy atom. The zero-order valence-electron chi connectivity index (χ0n) is 10.1. The number of hydrazone groups is 1. The second-order valence-corrected chi connectivity index (χ2v) is 3.72. The molecule has 0 aliphatic carbocycles. The van der Waals surface area contributed by atoms with Crippen molar-refractivity contribution in [2.75, 3.05) is 5.01 Å². The summed E-state index contributed by atoms with van der Waals surface area (Å²) in [7, 11) is 0. The van der Waals surface area contributed by atoms with Crippen LogP contribution in [0.3, 0.4) is 0 Å². The fraction of sp³-hybridized carbons (Fsp3) is 0.231. The highest BCUT2D eigenvalue weighted by molar-refractivity contribution is 5.79. The molecule has 1 aromatic carbocycles. The molecule has 0 aliphatic heterocycles. The van der Waals surface area contributed by atoms with Gasteiger partial charge in [-0.15, -0.1) is 0 Å². The molecule has 0 aliphatic rings. The maximum absolute atomic E-state index is 10.6. The van der Waals surface area contributed by atoms with Crippen LogP contribution in [0.1, 0.15) is 13.8 Å². The molecule has 90 valence electrons. The summed E-state index contributed by atoms with van der Waals surface area (Å²) in [5, 5.41) is 5.10. The van der Waals surface area contributed by atoms with E-state index in [0.717, 1.165) is 5.75 Å². The Morgan fingerprint density at radius 3 is 2.41 bits per heavy atom. The lowest BCUT2D eigenvalue weighted by Gasteiger charge is -2.17. The Kier molecular flexibility index (Phi) is 4.46. The fourth-order valence-electron chi connectivity index (χ4n) is 1.33. The van der Waals surface area contributed by atoms with Gasteiger partial charge in [-0.05, 0) is 38.1 Å². The van der Waals surface area contributed by atoms with Crippen LogP contribution in [0.5, 0.6) is 5.75 Å². The van der Waals surface area contributed by atoms with Gasteiger partial charge in [0.2, 0.25) is 0 Å². The molecule has 4 nitrogen and oxygen atoms in total. The second-order valence-electron chi connectivity index (χ2n) is 3.72. The highest BCUT2D eigenvalue weighted by Crippen LogP contribution is 2.22. The number of allylic oxidation sites excluding steroid dienone is 1. The molecule has 0 saturated heterocycles. The second kappa shape index (κ2) is 5.84. The van der Waals surface area contributed by atoms with Gasteiger partial charge in [0.15, 0.2) is 6.29 Å². The van der Waals surface area contributed by atoms with Gasteiger partial charge >= 0.3 is 0 Å². The molecule has 0 heterocycles. The molecule has 0 aromatic heterocycles. The molecule has 0 N–H and O–H groups in total. The minimum absolute atomic E-state index is 0.124. The lowest BCUT2D eigenvalue weighted by Crippen LogP contribution is -2.15. The highest BCUT2D eigenvalue weighted by Gasteiger charge is 2.07. The van der Waals surface area contributed by atoms with Crippen molar-refractivity contribution in [1.82, 2.24) is 0 Å². The fourth-order valence-corrected chi connectivity index (χ4v) is 1.33. The summed E-state index contributed by atoms with van der Waals surface area (Å²) in [4.78, 5) is 10.6. The van der Waals surface area contributed by atoms with Crippen LogP contribution in [0, 0.1) is 0 Å². The maximum atomic E-state index is 10.6. The van der Waals surface area contributed by atoms with Crippen molar-refractivity contribution < 1.29 is 9.53 Å². The first kappa shape index (κ1) is 13.0. The van der Waals surface area contributed by atoms with Gasteiger partial charge in [0.1, 0.15) is 5.75 Å². The quantitative estimate of drug-likeness (QED) is 0.327. The normalized spacial score (nSPS) is 9.82. The van der Waals surface area contributed by atoms with E-state index in [9.17, 15) is 4.79 Å². The molecular formula is C13H16N2O2. The number of nitrogens with zero attached hydrogens (tertiary/aromatic N) is 2. The SMILES string of the molecule is C=NN(C(=C)C=O)c1ccc(OC(C)C)cc1. The topological polar surface area (TPSA) is 41.9 Å². The van der Waals surface area contributed by atoms with Crippen molar-refractivity contribution in [2.45, 2.75) is 20.0 Å². The number of benzene rings is 1. The minimum Gasteiger partial charge on any atom is -0.491 e. The van der Waals surface area contributed by atoms with Crippen LogP contribution in [-0.2, 0) is 4.79 Å². The number of hydrogen-bond acceptors (Lipinski definition) is 4. The average molecular weight is 232 g/mol. The number of rotatable bonds is 6. The van der Waals surface area contributed by atoms with E-state index in [0.29, 0.717) is 12.0 Å². The number of aldehydes is 1. The lowest BCUT2D eigenvalue weighted by atomic mass is 10.3. The molecule has 0 spiro atoms. The first-order valence-corrected chi connectivity index (χ1v) is 5.26. The van der Waals surface area contributed by atoms with Crippen LogP contribution in [-0.4, -0.2) is 19.1 Å². The van der Waals surface area contributed by atoms with Crippen molar-refractivity contribution in [3.05, 3.63) is 36.5 Å².